The number of carbonyl (C=O) groups excluding carboxylic acids is 1. The lowest BCUT2D eigenvalue weighted by atomic mass is 9.95. The fourth-order valence-electron chi connectivity index (χ4n) is 3.18. The van der Waals surface area contributed by atoms with Gasteiger partial charge < -0.3 is 4.90 Å². The largest absolute Gasteiger partial charge is 0.306 e. The molecule has 0 spiro atoms. The Labute approximate surface area is 189 Å². The van der Waals surface area contributed by atoms with Crippen LogP contribution in [0.15, 0.2) is 23.8 Å². The average molecular weight is 418 g/mol. The van der Waals surface area contributed by atoms with Crippen molar-refractivity contribution in [3.63, 3.8) is 0 Å². The standard InChI is InChI=1S/C14H18O.C7H17N.C7H16/c1-5-10(2)12(4)14-8-13(9-15)7-6-11(14)3;1-4-6-8(3)7-5-2;1-4-6-7(3)5-2/h6-9H,5H2,1-4H3;4-7H2,1-3H3;7H,4-6H2,1-3H3/b12-10-;;. The Hall–Kier alpha value is -1.41. The molecule has 0 N–H and O–H groups in total. The summed E-state index contributed by atoms with van der Waals surface area (Å²) in [6, 6.07) is 5.84. The number of aryl methyl sites for hydroxylation is 1. The molecule has 1 unspecified atom stereocenters. The molecule has 0 saturated heterocycles. The number of aldehydes is 1. The molecular formula is C28H51NO. The Balaban J connectivity index is 0. The summed E-state index contributed by atoms with van der Waals surface area (Å²) in [7, 11) is 2.17. The maximum atomic E-state index is 10.7. The zero-order chi connectivity index (χ0) is 23.5. The van der Waals surface area contributed by atoms with Crippen molar-refractivity contribution in [3.8, 4) is 0 Å². The molecule has 0 fully saturated rings. The van der Waals surface area contributed by atoms with E-state index < -0.39 is 0 Å². The molecule has 0 aliphatic heterocycles. The monoisotopic (exact) mass is 417 g/mol. The lowest BCUT2D eigenvalue weighted by molar-refractivity contribution is 0.112. The molecule has 0 bridgehead atoms. The van der Waals surface area contributed by atoms with Gasteiger partial charge in [-0.05, 0) is 88.9 Å². The molecule has 1 aromatic carbocycles. The summed E-state index contributed by atoms with van der Waals surface area (Å²) >= 11 is 0. The molecule has 1 atom stereocenters. The summed E-state index contributed by atoms with van der Waals surface area (Å²) in [6.45, 7) is 22.2. The molecule has 2 nitrogen and oxygen atoms in total. The normalized spacial score (nSPS) is 12.2. The van der Waals surface area contributed by atoms with Gasteiger partial charge in [-0.2, -0.15) is 0 Å². The number of hydrogen-bond donors (Lipinski definition) is 0. The third kappa shape index (κ3) is 14.6. The lowest BCUT2D eigenvalue weighted by Crippen LogP contribution is -2.19. The van der Waals surface area contributed by atoms with Crippen LogP contribution >= 0.6 is 0 Å². The average Bonchev–Trinajstić information content (AvgIpc) is 2.74. The molecule has 1 rings (SSSR count). The van der Waals surface area contributed by atoms with Crippen molar-refractivity contribution in [3.05, 3.63) is 40.5 Å². The topological polar surface area (TPSA) is 20.3 Å². The fourth-order valence-corrected chi connectivity index (χ4v) is 3.18. The van der Waals surface area contributed by atoms with Gasteiger partial charge in [-0.1, -0.05) is 78.5 Å². The highest BCUT2D eigenvalue weighted by molar-refractivity contribution is 5.79. The van der Waals surface area contributed by atoms with Crippen molar-refractivity contribution in [2.75, 3.05) is 20.1 Å². The molecule has 30 heavy (non-hydrogen) atoms. The van der Waals surface area contributed by atoms with Gasteiger partial charge in [0.25, 0.3) is 0 Å². The molecule has 174 valence electrons. The molecule has 0 heterocycles. The summed E-state index contributed by atoms with van der Waals surface area (Å²) in [5.74, 6) is 0.949. The van der Waals surface area contributed by atoms with Crippen molar-refractivity contribution in [2.24, 2.45) is 5.92 Å². The number of hydrogen-bond acceptors (Lipinski definition) is 2. The summed E-state index contributed by atoms with van der Waals surface area (Å²) in [5, 5.41) is 0. The SMILES string of the molecule is CC/C(C)=C(/C)c1cc(C=O)ccc1C.CCCC(C)CC.CCCN(C)CCC. The highest BCUT2D eigenvalue weighted by Gasteiger charge is 2.04. The maximum absolute atomic E-state index is 10.7. The van der Waals surface area contributed by atoms with Gasteiger partial charge in [0, 0.05) is 5.56 Å². The van der Waals surface area contributed by atoms with Crippen LogP contribution in [0.2, 0.25) is 0 Å². The van der Waals surface area contributed by atoms with Gasteiger partial charge in [0.2, 0.25) is 0 Å². The van der Waals surface area contributed by atoms with Crippen LogP contribution in [0.3, 0.4) is 0 Å². The molecule has 0 amide bonds. The second-order valence-electron chi connectivity index (χ2n) is 8.56. The Morgan fingerprint density at radius 3 is 1.93 bits per heavy atom. The Kier molecular flexibility index (Phi) is 20.1. The van der Waals surface area contributed by atoms with Gasteiger partial charge in [0.15, 0.2) is 0 Å². The van der Waals surface area contributed by atoms with E-state index in [0.717, 1.165) is 24.2 Å². The summed E-state index contributed by atoms with van der Waals surface area (Å²) < 4.78 is 0. The first-order valence-electron chi connectivity index (χ1n) is 12.1. The van der Waals surface area contributed by atoms with E-state index >= 15 is 0 Å². The van der Waals surface area contributed by atoms with Crippen LogP contribution in [-0.2, 0) is 0 Å². The number of allylic oxidation sites excluding steroid dienone is 2. The van der Waals surface area contributed by atoms with E-state index in [1.807, 2.05) is 18.2 Å². The molecule has 0 radical (unpaired) electrons. The van der Waals surface area contributed by atoms with Gasteiger partial charge in [-0.3, -0.25) is 4.79 Å². The quantitative estimate of drug-likeness (QED) is 0.355. The van der Waals surface area contributed by atoms with Crippen molar-refractivity contribution in [1.82, 2.24) is 4.90 Å². The van der Waals surface area contributed by atoms with Crippen molar-refractivity contribution in [1.29, 1.82) is 0 Å². The highest BCUT2D eigenvalue weighted by Crippen LogP contribution is 2.23. The van der Waals surface area contributed by atoms with Crippen LogP contribution in [-0.4, -0.2) is 31.3 Å². The van der Waals surface area contributed by atoms with E-state index in [9.17, 15) is 4.79 Å². The van der Waals surface area contributed by atoms with Gasteiger partial charge in [0.1, 0.15) is 6.29 Å². The van der Waals surface area contributed by atoms with E-state index in [-0.39, 0.29) is 0 Å². The van der Waals surface area contributed by atoms with E-state index in [4.69, 9.17) is 0 Å². The smallest absolute Gasteiger partial charge is 0.150 e. The highest BCUT2D eigenvalue weighted by atomic mass is 16.1. The molecule has 0 aromatic heterocycles. The molecule has 0 aliphatic rings. The molecule has 0 saturated carbocycles. The van der Waals surface area contributed by atoms with Crippen LogP contribution in [0.5, 0.6) is 0 Å². The Morgan fingerprint density at radius 2 is 1.57 bits per heavy atom. The first-order valence-corrected chi connectivity index (χ1v) is 12.1. The molecule has 2 heteroatoms. The first-order chi connectivity index (χ1) is 14.2. The lowest BCUT2D eigenvalue weighted by Gasteiger charge is -2.12. The number of rotatable bonds is 10. The Bertz CT molecular complexity index is 582. The van der Waals surface area contributed by atoms with Gasteiger partial charge in [-0.15, -0.1) is 0 Å². The van der Waals surface area contributed by atoms with Crippen molar-refractivity contribution < 1.29 is 4.79 Å². The minimum Gasteiger partial charge on any atom is -0.306 e. The van der Waals surface area contributed by atoms with Crippen LogP contribution in [0.4, 0.5) is 0 Å². The number of nitrogens with zero attached hydrogens (tertiary/aromatic N) is 1. The van der Waals surface area contributed by atoms with Crippen LogP contribution < -0.4 is 0 Å². The predicted octanol–water partition coefficient (Wildman–Crippen LogP) is 8.58. The van der Waals surface area contributed by atoms with E-state index in [1.54, 1.807) is 0 Å². The summed E-state index contributed by atoms with van der Waals surface area (Å²) in [5.41, 5.74) is 5.84. The van der Waals surface area contributed by atoms with Crippen LogP contribution in [0.25, 0.3) is 5.57 Å². The zero-order valence-electron chi connectivity index (χ0n) is 21.9. The van der Waals surface area contributed by atoms with Crippen LogP contribution in [0.1, 0.15) is 115 Å². The Morgan fingerprint density at radius 1 is 1.00 bits per heavy atom. The summed E-state index contributed by atoms with van der Waals surface area (Å²) in [6.07, 6.45) is 8.58. The minimum absolute atomic E-state index is 0.749. The van der Waals surface area contributed by atoms with Gasteiger partial charge >= 0.3 is 0 Å². The van der Waals surface area contributed by atoms with Gasteiger partial charge in [0.05, 0.1) is 0 Å². The van der Waals surface area contributed by atoms with Crippen molar-refractivity contribution >= 4 is 11.9 Å². The van der Waals surface area contributed by atoms with Gasteiger partial charge in [-0.25, -0.2) is 0 Å². The fraction of sp³-hybridized carbons (Fsp3) is 0.679. The van der Waals surface area contributed by atoms with Crippen LogP contribution in [0, 0.1) is 12.8 Å². The summed E-state index contributed by atoms with van der Waals surface area (Å²) in [4.78, 5) is 13.1. The third-order valence-corrected chi connectivity index (χ3v) is 5.66. The molecule has 0 aliphatic carbocycles. The van der Waals surface area contributed by atoms with E-state index in [2.05, 4.69) is 74.3 Å². The zero-order valence-corrected chi connectivity index (χ0v) is 21.9. The molecular weight excluding hydrogens is 366 g/mol. The maximum Gasteiger partial charge on any atom is 0.150 e. The number of carbonyl (C=O) groups is 1. The number of benzene rings is 1. The predicted molar refractivity (Wildman–Crippen MR) is 138 cm³/mol. The minimum atomic E-state index is 0.749. The van der Waals surface area contributed by atoms with E-state index in [1.165, 1.54) is 67.5 Å². The first kappa shape index (κ1) is 30.8. The second-order valence-corrected chi connectivity index (χ2v) is 8.56. The van der Waals surface area contributed by atoms with E-state index in [0.29, 0.717) is 0 Å². The molecule has 1 aromatic rings. The third-order valence-electron chi connectivity index (χ3n) is 5.66. The second kappa shape index (κ2) is 19.5. The van der Waals surface area contributed by atoms with Crippen molar-refractivity contribution in [2.45, 2.75) is 101 Å².